The van der Waals surface area contributed by atoms with E-state index in [2.05, 4.69) is 4.72 Å². The van der Waals surface area contributed by atoms with Gasteiger partial charge in [-0.05, 0) is 37.1 Å². The van der Waals surface area contributed by atoms with Crippen LogP contribution in [-0.4, -0.2) is 38.0 Å². The summed E-state index contributed by atoms with van der Waals surface area (Å²) >= 11 is 0. The molecule has 1 heterocycles. The van der Waals surface area contributed by atoms with Gasteiger partial charge in [0.05, 0.1) is 10.8 Å². The molecule has 1 unspecified atom stereocenters. The second kappa shape index (κ2) is 7.13. The highest BCUT2D eigenvalue weighted by atomic mass is 32.2. The van der Waals surface area contributed by atoms with Crippen LogP contribution >= 0.6 is 0 Å². The van der Waals surface area contributed by atoms with E-state index < -0.39 is 21.9 Å². The molecule has 8 heteroatoms. The molecule has 1 saturated carbocycles. The third kappa shape index (κ3) is 4.01. The highest BCUT2D eigenvalue weighted by Gasteiger charge is 2.35. The first kappa shape index (κ1) is 17.9. The molecule has 0 spiro atoms. The molecule has 0 aromatic heterocycles. The Hall–Kier alpha value is -1.93. The normalized spacial score (nSPS) is 22.3. The quantitative estimate of drug-likeness (QED) is 0.826. The van der Waals surface area contributed by atoms with Gasteiger partial charge in [-0.15, -0.1) is 0 Å². The highest BCUT2D eigenvalue weighted by Crippen LogP contribution is 2.27. The van der Waals surface area contributed by atoms with E-state index in [-0.39, 0.29) is 29.8 Å². The number of carboxylic acid groups (broad SMARTS) is 1. The van der Waals surface area contributed by atoms with Crippen LogP contribution < -0.4 is 9.62 Å². The molecular formula is C17H22N2O5S. The number of nitrogens with zero attached hydrogens (tertiary/aromatic N) is 1. The van der Waals surface area contributed by atoms with Crippen LogP contribution in [0.3, 0.4) is 0 Å². The Bertz CT molecular complexity index is 754. The zero-order chi connectivity index (χ0) is 18.0. The summed E-state index contributed by atoms with van der Waals surface area (Å²) in [4.78, 5) is 24.5. The maximum absolute atomic E-state index is 12.5. The van der Waals surface area contributed by atoms with Crippen LogP contribution in [0.1, 0.15) is 38.5 Å². The number of nitrogens with one attached hydrogen (secondary N) is 1. The second-order valence-electron chi connectivity index (χ2n) is 6.69. The number of hydrogen-bond donors (Lipinski definition) is 2. The maximum atomic E-state index is 12.5. The summed E-state index contributed by atoms with van der Waals surface area (Å²) in [5.74, 6) is -1.97. The lowest BCUT2D eigenvalue weighted by Crippen LogP contribution is -2.36. The standard InChI is InChI=1S/C17H22N2O5S/c20-16-10-12(17(21)22)11-19(16)14-6-8-15(9-7-14)25(23,24)18-13-4-2-1-3-5-13/h6-9,12-13,18H,1-5,10-11H2,(H,21,22). The molecule has 1 saturated heterocycles. The average molecular weight is 366 g/mol. The third-order valence-corrected chi connectivity index (χ3v) is 6.40. The molecule has 25 heavy (non-hydrogen) atoms. The van der Waals surface area contributed by atoms with Crippen molar-refractivity contribution >= 4 is 27.6 Å². The minimum Gasteiger partial charge on any atom is -0.481 e. The Morgan fingerprint density at radius 1 is 1.12 bits per heavy atom. The van der Waals surface area contributed by atoms with Gasteiger partial charge in [0.15, 0.2) is 0 Å². The first-order valence-electron chi connectivity index (χ1n) is 8.52. The van der Waals surface area contributed by atoms with Crippen molar-refractivity contribution in [3.05, 3.63) is 24.3 Å². The summed E-state index contributed by atoms with van der Waals surface area (Å²) in [6.07, 6.45) is 4.90. The number of rotatable bonds is 5. The fourth-order valence-electron chi connectivity index (χ4n) is 3.44. The van der Waals surface area contributed by atoms with Crippen LogP contribution in [-0.2, 0) is 19.6 Å². The molecule has 3 rings (SSSR count). The van der Waals surface area contributed by atoms with Crippen LogP contribution in [0, 0.1) is 5.92 Å². The Morgan fingerprint density at radius 3 is 2.32 bits per heavy atom. The lowest BCUT2D eigenvalue weighted by molar-refractivity contribution is -0.141. The van der Waals surface area contributed by atoms with Crippen LogP contribution in [0.2, 0.25) is 0 Å². The second-order valence-corrected chi connectivity index (χ2v) is 8.41. The van der Waals surface area contributed by atoms with Crippen LogP contribution in [0.15, 0.2) is 29.2 Å². The fourth-order valence-corrected chi connectivity index (χ4v) is 4.74. The monoisotopic (exact) mass is 366 g/mol. The molecule has 1 aliphatic heterocycles. The van der Waals surface area contributed by atoms with Gasteiger partial charge in [-0.2, -0.15) is 0 Å². The van der Waals surface area contributed by atoms with E-state index in [4.69, 9.17) is 5.11 Å². The number of carboxylic acids is 1. The van der Waals surface area contributed by atoms with Gasteiger partial charge in [0.25, 0.3) is 0 Å². The summed E-state index contributed by atoms with van der Waals surface area (Å²) in [5, 5.41) is 9.04. The summed E-state index contributed by atoms with van der Waals surface area (Å²) in [6, 6.07) is 6.01. The van der Waals surface area contributed by atoms with Gasteiger partial charge in [0, 0.05) is 24.7 Å². The van der Waals surface area contributed by atoms with Gasteiger partial charge in [0.1, 0.15) is 0 Å². The first-order valence-corrected chi connectivity index (χ1v) is 10.0. The molecule has 1 atom stereocenters. The van der Waals surface area contributed by atoms with Crippen molar-refractivity contribution in [2.75, 3.05) is 11.4 Å². The van der Waals surface area contributed by atoms with Crippen LogP contribution in [0.5, 0.6) is 0 Å². The maximum Gasteiger partial charge on any atom is 0.308 e. The van der Waals surface area contributed by atoms with E-state index in [0.717, 1.165) is 32.1 Å². The van der Waals surface area contributed by atoms with Crippen molar-refractivity contribution in [3.63, 3.8) is 0 Å². The summed E-state index contributed by atoms with van der Waals surface area (Å²) < 4.78 is 27.7. The molecule has 0 bridgehead atoms. The molecule has 2 aliphatic rings. The predicted molar refractivity (Wildman–Crippen MR) is 91.7 cm³/mol. The number of anilines is 1. The first-order chi connectivity index (χ1) is 11.9. The highest BCUT2D eigenvalue weighted by molar-refractivity contribution is 7.89. The van der Waals surface area contributed by atoms with Crippen LogP contribution in [0.4, 0.5) is 5.69 Å². The van der Waals surface area contributed by atoms with Gasteiger partial charge >= 0.3 is 5.97 Å². The Kier molecular flexibility index (Phi) is 5.10. The number of sulfonamides is 1. The average Bonchev–Trinajstić information content (AvgIpc) is 2.98. The van der Waals surface area contributed by atoms with E-state index in [0.29, 0.717) is 5.69 Å². The minimum atomic E-state index is -3.59. The molecule has 7 nitrogen and oxygen atoms in total. The molecule has 136 valence electrons. The van der Waals surface area contributed by atoms with E-state index >= 15 is 0 Å². The number of amides is 1. The molecular weight excluding hydrogens is 344 g/mol. The van der Waals surface area contributed by atoms with Crippen molar-refractivity contribution in [3.8, 4) is 0 Å². The minimum absolute atomic E-state index is 0.0186. The Morgan fingerprint density at radius 2 is 1.76 bits per heavy atom. The van der Waals surface area contributed by atoms with Crippen LogP contribution in [0.25, 0.3) is 0 Å². The summed E-state index contributed by atoms with van der Waals surface area (Å²) in [5.41, 5.74) is 0.519. The van der Waals surface area contributed by atoms with Gasteiger partial charge in [-0.3, -0.25) is 9.59 Å². The van der Waals surface area contributed by atoms with Gasteiger partial charge in [0.2, 0.25) is 15.9 Å². The molecule has 2 fully saturated rings. The van der Waals surface area contributed by atoms with Gasteiger partial charge < -0.3 is 10.0 Å². The van der Waals surface area contributed by atoms with E-state index in [1.807, 2.05) is 0 Å². The molecule has 2 N–H and O–H groups in total. The molecule has 1 aromatic rings. The van der Waals surface area contributed by atoms with Gasteiger partial charge in [-0.1, -0.05) is 19.3 Å². The zero-order valence-corrected chi connectivity index (χ0v) is 14.7. The largest absolute Gasteiger partial charge is 0.481 e. The SMILES string of the molecule is O=C(O)C1CC(=O)N(c2ccc(S(=O)(=O)NC3CCCCC3)cc2)C1. The van der Waals surface area contributed by atoms with Crippen molar-refractivity contribution < 1.29 is 23.1 Å². The lowest BCUT2D eigenvalue weighted by atomic mass is 9.96. The number of carbonyl (C=O) groups is 2. The molecule has 1 aromatic carbocycles. The van der Waals surface area contributed by atoms with Crippen molar-refractivity contribution in [2.24, 2.45) is 5.92 Å². The lowest BCUT2D eigenvalue weighted by Gasteiger charge is -2.23. The topological polar surface area (TPSA) is 104 Å². The third-order valence-electron chi connectivity index (χ3n) is 4.86. The molecule has 1 aliphatic carbocycles. The Balaban J connectivity index is 1.71. The van der Waals surface area contributed by atoms with Gasteiger partial charge in [-0.25, -0.2) is 13.1 Å². The van der Waals surface area contributed by atoms with E-state index in [1.54, 1.807) is 12.1 Å². The summed E-state index contributed by atoms with van der Waals surface area (Å²) in [6.45, 7) is 0.112. The predicted octanol–water partition coefficient (Wildman–Crippen LogP) is 1.74. The van der Waals surface area contributed by atoms with E-state index in [1.165, 1.54) is 17.0 Å². The number of carbonyl (C=O) groups excluding carboxylic acids is 1. The van der Waals surface area contributed by atoms with E-state index in [9.17, 15) is 18.0 Å². The molecule has 1 amide bonds. The summed E-state index contributed by atoms with van der Waals surface area (Å²) in [7, 11) is -3.59. The number of hydrogen-bond acceptors (Lipinski definition) is 4. The van der Waals surface area contributed by atoms with Crippen molar-refractivity contribution in [1.29, 1.82) is 0 Å². The zero-order valence-electron chi connectivity index (χ0n) is 13.8. The molecule has 0 radical (unpaired) electrons. The smallest absolute Gasteiger partial charge is 0.308 e. The van der Waals surface area contributed by atoms with Crippen molar-refractivity contribution in [1.82, 2.24) is 4.72 Å². The van der Waals surface area contributed by atoms with Crippen molar-refractivity contribution in [2.45, 2.75) is 49.5 Å². The fraction of sp³-hybridized carbons (Fsp3) is 0.529. The number of benzene rings is 1. The number of aliphatic carboxylic acids is 1. The Labute approximate surface area is 147 Å².